The lowest BCUT2D eigenvalue weighted by atomic mass is 9.82. The third-order valence-electron chi connectivity index (χ3n) is 3.76. The average molecular weight is 381 g/mol. The highest BCUT2D eigenvalue weighted by Gasteiger charge is 2.38. The number of allylic oxidation sites excluding steroid dienone is 2. The number of benzene rings is 1. The molecule has 0 amide bonds. The summed E-state index contributed by atoms with van der Waals surface area (Å²) in [6, 6.07) is 7.06. The number of carbonyl (C=O) groups is 1. The van der Waals surface area contributed by atoms with Gasteiger partial charge in [0.2, 0.25) is 5.88 Å². The maximum atomic E-state index is 12.6. The molecule has 0 aliphatic carbocycles. The van der Waals surface area contributed by atoms with E-state index in [-0.39, 0.29) is 28.7 Å². The van der Waals surface area contributed by atoms with Crippen LogP contribution in [-0.4, -0.2) is 12.6 Å². The van der Waals surface area contributed by atoms with E-state index in [2.05, 4.69) is 0 Å². The summed E-state index contributed by atoms with van der Waals surface area (Å²) in [5, 5.41) is 10.2. The quantitative estimate of drug-likeness (QED) is 0.764. The number of rotatable bonds is 5. The summed E-state index contributed by atoms with van der Waals surface area (Å²) in [4.78, 5) is 12.6. The fraction of sp³-hybridized carbons (Fsp3) is 0.333. The molecule has 0 unspecified atom stereocenters. The first-order valence-electron chi connectivity index (χ1n) is 7.87. The maximum absolute atomic E-state index is 12.6. The number of ether oxygens (including phenoxy) is 2. The van der Waals surface area contributed by atoms with Gasteiger partial charge in [-0.1, -0.05) is 42.3 Å². The molecule has 1 aromatic rings. The van der Waals surface area contributed by atoms with Crippen LogP contribution in [0.3, 0.4) is 0 Å². The van der Waals surface area contributed by atoms with Crippen LogP contribution in [0.2, 0.25) is 10.0 Å². The van der Waals surface area contributed by atoms with Gasteiger partial charge >= 0.3 is 5.97 Å². The molecule has 0 fully saturated rings. The molecule has 0 spiro atoms. The molecule has 1 aliphatic heterocycles. The van der Waals surface area contributed by atoms with Crippen molar-refractivity contribution in [1.82, 2.24) is 0 Å². The Balaban J connectivity index is 2.73. The Bertz CT molecular complexity index is 794. The van der Waals surface area contributed by atoms with Crippen LogP contribution in [0.1, 0.15) is 38.2 Å². The first-order chi connectivity index (χ1) is 12.0. The molecule has 1 aromatic carbocycles. The Kier molecular flexibility index (Phi) is 6.35. The number of carbonyl (C=O) groups excluding carboxylic acids is 1. The predicted molar refractivity (Wildman–Crippen MR) is 95.7 cm³/mol. The van der Waals surface area contributed by atoms with Gasteiger partial charge in [0.05, 0.1) is 28.1 Å². The van der Waals surface area contributed by atoms with Crippen molar-refractivity contribution >= 4 is 29.2 Å². The van der Waals surface area contributed by atoms with Crippen molar-refractivity contribution in [1.29, 1.82) is 5.26 Å². The lowest BCUT2D eigenvalue weighted by Crippen LogP contribution is -2.26. The topological polar surface area (TPSA) is 85.3 Å². The van der Waals surface area contributed by atoms with Crippen molar-refractivity contribution in [3.63, 3.8) is 0 Å². The third-order valence-corrected chi connectivity index (χ3v) is 4.60. The highest BCUT2D eigenvalue weighted by atomic mass is 35.5. The summed E-state index contributed by atoms with van der Waals surface area (Å²) in [6.07, 6.45) is 1.20. The summed E-state index contributed by atoms with van der Waals surface area (Å²) >= 11 is 12.5. The second-order valence-electron chi connectivity index (χ2n) is 5.38. The lowest BCUT2D eigenvalue weighted by molar-refractivity contribution is -0.139. The van der Waals surface area contributed by atoms with Gasteiger partial charge in [-0.3, -0.25) is 0 Å². The Hall–Kier alpha value is -2.16. The number of halogens is 2. The number of esters is 1. The van der Waals surface area contributed by atoms with Crippen molar-refractivity contribution < 1.29 is 14.3 Å². The monoisotopic (exact) mass is 380 g/mol. The Morgan fingerprint density at radius 3 is 2.72 bits per heavy atom. The van der Waals surface area contributed by atoms with Crippen LogP contribution in [-0.2, 0) is 14.3 Å². The van der Waals surface area contributed by atoms with E-state index < -0.39 is 11.9 Å². The molecule has 0 aromatic heterocycles. The Morgan fingerprint density at radius 2 is 2.12 bits per heavy atom. The first-order valence-corrected chi connectivity index (χ1v) is 8.63. The zero-order valence-corrected chi connectivity index (χ0v) is 15.4. The highest BCUT2D eigenvalue weighted by molar-refractivity contribution is 6.42. The van der Waals surface area contributed by atoms with Gasteiger partial charge in [-0.25, -0.2) is 4.79 Å². The van der Waals surface area contributed by atoms with Crippen LogP contribution in [0.4, 0.5) is 0 Å². The van der Waals surface area contributed by atoms with Gasteiger partial charge in [-0.15, -0.1) is 0 Å². The van der Waals surface area contributed by atoms with E-state index in [1.165, 1.54) is 0 Å². The second kappa shape index (κ2) is 8.28. The predicted octanol–water partition coefficient (Wildman–Crippen LogP) is 4.42. The van der Waals surface area contributed by atoms with Crippen molar-refractivity contribution in [2.75, 3.05) is 6.61 Å². The Morgan fingerprint density at radius 1 is 1.40 bits per heavy atom. The second-order valence-corrected chi connectivity index (χ2v) is 6.16. The van der Waals surface area contributed by atoms with Crippen molar-refractivity contribution in [3.8, 4) is 6.07 Å². The van der Waals surface area contributed by atoms with E-state index in [0.29, 0.717) is 22.8 Å². The molecule has 0 bridgehead atoms. The first kappa shape index (κ1) is 19.2. The van der Waals surface area contributed by atoms with Crippen LogP contribution < -0.4 is 5.73 Å². The van der Waals surface area contributed by atoms with Crippen LogP contribution in [0.15, 0.2) is 41.0 Å². The molecule has 2 rings (SSSR count). The minimum absolute atomic E-state index is 0.0416. The van der Waals surface area contributed by atoms with Crippen molar-refractivity contribution in [2.45, 2.75) is 32.6 Å². The van der Waals surface area contributed by atoms with Crippen LogP contribution in [0, 0.1) is 11.3 Å². The summed E-state index contributed by atoms with van der Waals surface area (Å²) in [5.74, 6) is -1.00. The molecule has 0 saturated heterocycles. The van der Waals surface area contributed by atoms with Crippen molar-refractivity contribution in [3.05, 3.63) is 56.6 Å². The zero-order chi connectivity index (χ0) is 18.6. The zero-order valence-electron chi connectivity index (χ0n) is 13.9. The minimum atomic E-state index is -0.787. The fourth-order valence-corrected chi connectivity index (χ4v) is 3.13. The van der Waals surface area contributed by atoms with Gasteiger partial charge < -0.3 is 15.2 Å². The smallest absolute Gasteiger partial charge is 0.338 e. The summed E-state index contributed by atoms with van der Waals surface area (Å²) in [5.41, 5.74) is 6.78. The third kappa shape index (κ3) is 3.76. The molecule has 2 N–H and O–H groups in total. The Labute approximate surface area is 156 Å². The molecule has 132 valence electrons. The molecule has 1 atom stereocenters. The van der Waals surface area contributed by atoms with E-state index in [0.717, 1.165) is 6.42 Å². The normalized spacial score (nSPS) is 17.2. The van der Waals surface area contributed by atoms with Crippen LogP contribution >= 0.6 is 23.2 Å². The van der Waals surface area contributed by atoms with Crippen LogP contribution in [0.25, 0.3) is 0 Å². The maximum Gasteiger partial charge on any atom is 0.338 e. The summed E-state index contributed by atoms with van der Waals surface area (Å²) < 4.78 is 10.8. The van der Waals surface area contributed by atoms with E-state index in [4.69, 9.17) is 38.4 Å². The van der Waals surface area contributed by atoms with Gasteiger partial charge in [-0.05, 0) is 25.0 Å². The molecule has 1 heterocycles. The minimum Gasteiger partial charge on any atom is -0.463 e. The largest absolute Gasteiger partial charge is 0.463 e. The standard InChI is InChI=1S/C18H18Cl2N2O3/c1-3-6-13-15(18(23)24-4-2)14(11(9-21)17(22)25-13)10-7-5-8-12(19)16(10)20/h5,7-8,14H,3-4,6,22H2,1-2H3/t14-/m1/s1. The van der Waals surface area contributed by atoms with E-state index in [9.17, 15) is 10.1 Å². The van der Waals surface area contributed by atoms with Gasteiger partial charge in [0.1, 0.15) is 17.4 Å². The molecular weight excluding hydrogens is 363 g/mol. The number of nitriles is 1. The van der Waals surface area contributed by atoms with Crippen LogP contribution in [0.5, 0.6) is 0 Å². The molecule has 0 saturated carbocycles. The van der Waals surface area contributed by atoms with E-state index in [1.54, 1.807) is 25.1 Å². The van der Waals surface area contributed by atoms with Gasteiger partial charge in [-0.2, -0.15) is 5.26 Å². The summed E-state index contributed by atoms with van der Waals surface area (Å²) in [6.45, 7) is 3.84. The van der Waals surface area contributed by atoms with E-state index >= 15 is 0 Å². The van der Waals surface area contributed by atoms with E-state index in [1.807, 2.05) is 13.0 Å². The molecule has 25 heavy (non-hydrogen) atoms. The average Bonchev–Trinajstić information content (AvgIpc) is 2.57. The molecule has 0 radical (unpaired) electrons. The number of hydrogen-bond acceptors (Lipinski definition) is 5. The number of nitrogens with zero attached hydrogens (tertiary/aromatic N) is 1. The van der Waals surface area contributed by atoms with Gasteiger partial charge in [0, 0.05) is 6.42 Å². The number of hydrogen-bond donors (Lipinski definition) is 1. The fourth-order valence-electron chi connectivity index (χ4n) is 2.72. The van der Waals surface area contributed by atoms with Gasteiger partial charge in [0.25, 0.3) is 0 Å². The number of nitrogens with two attached hydrogens (primary N) is 1. The summed E-state index contributed by atoms with van der Waals surface area (Å²) in [7, 11) is 0. The molecular formula is C18H18Cl2N2O3. The van der Waals surface area contributed by atoms with Crippen molar-refractivity contribution in [2.24, 2.45) is 5.73 Å². The molecule has 7 heteroatoms. The SMILES string of the molecule is CCCC1=C(C(=O)OCC)[C@H](c2cccc(Cl)c2Cl)C(C#N)=C(N)O1. The molecule has 5 nitrogen and oxygen atoms in total. The highest BCUT2D eigenvalue weighted by Crippen LogP contribution is 2.44. The lowest BCUT2D eigenvalue weighted by Gasteiger charge is -2.28. The molecule has 1 aliphatic rings. The van der Waals surface area contributed by atoms with Gasteiger partial charge in [0.15, 0.2) is 0 Å².